The molecule has 2 bridgehead atoms. The van der Waals surface area contributed by atoms with E-state index in [0.717, 1.165) is 50.1 Å². The predicted octanol–water partition coefficient (Wildman–Crippen LogP) is 0.513. The van der Waals surface area contributed by atoms with Crippen molar-refractivity contribution in [1.29, 1.82) is 0 Å². The van der Waals surface area contributed by atoms with Gasteiger partial charge in [0.1, 0.15) is 0 Å². The lowest BCUT2D eigenvalue weighted by Gasteiger charge is -2.47. The van der Waals surface area contributed by atoms with Crippen LogP contribution in [0, 0.1) is 0 Å². The van der Waals surface area contributed by atoms with Crippen LogP contribution < -0.4 is 20.1 Å². The normalized spacial score (nSPS) is 26.8. The number of nitrogens with zero attached hydrogens (tertiary/aromatic N) is 3. The molecular weight excluding hydrogens is 330 g/mol. The van der Waals surface area contributed by atoms with Crippen molar-refractivity contribution in [2.24, 2.45) is 4.99 Å². The third-order valence-corrected chi connectivity index (χ3v) is 5.34. The molecule has 4 heterocycles. The van der Waals surface area contributed by atoms with Crippen LogP contribution in [0.15, 0.2) is 23.2 Å². The number of benzene rings is 1. The first-order valence-electron chi connectivity index (χ1n) is 9.69. The van der Waals surface area contributed by atoms with Crippen LogP contribution >= 0.6 is 0 Å². The summed E-state index contributed by atoms with van der Waals surface area (Å²) in [5, 5.41) is 6.81. The van der Waals surface area contributed by atoms with Gasteiger partial charge in [-0.25, -0.2) is 0 Å². The molecule has 7 nitrogen and oxygen atoms in total. The van der Waals surface area contributed by atoms with E-state index in [1.54, 1.807) is 0 Å². The van der Waals surface area contributed by atoms with E-state index >= 15 is 0 Å². The van der Waals surface area contributed by atoms with Crippen molar-refractivity contribution < 1.29 is 9.47 Å². The van der Waals surface area contributed by atoms with Crippen LogP contribution in [0.5, 0.6) is 11.5 Å². The smallest absolute Gasteiger partial charge is 0.231 e. The number of ether oxygens (including phenoxy) is 2. The number of nitrogens with one attached hydrogen (secondary N) is 2. The van der Waals surface area contributed by atoms with Crippen molar-refractivity contribution in [3.63, 3.8) is 0 Å². The number of piperazine rings is 3. The SMILES string of the molecule is CCNC(=NCC1CN2CCN1CC2)NCCc1ccc2c(c1)OCO2. The fraction of sp³-hybridized carbons (Fsp3) is 0.632. The Balaban J connectivity index is 1.28. The Morgan fingerprint density at radius 1 is 1.15 bits per heavy atom. The van der Waals surface area contributed by atoms with Crippen molar-refractivity contribution in [3.05, 3.63) is 23.8 Å². The van der Waals surface area contributed by atoms with Gasteiger partial charge in [0.05, 0.1) is 6.54 Å². The highest BCUT2D eigenvalue weighted by atomic mass is 16.7. The molecule has 3 fully saturated rings. The van der Waals surface area contributed by atoms with Gasteiger partial charge in [0.25, 0.3) is 0 Å². The first kappa shape index (κ1) is 17.4. The van der Waals surface area contributed by atoms with Gasteiger partial charge in [-0.15, -0.1) is 0 Å². The number of hydrogen-bond donors (Lipinski definition) is 2. The molecule has 1 aromatic carbocycles. The number of hydrogen-bond acceptors (Lipinski definition) is 5. The van der Waals surface area contributed by atoms with Crippen molar-refractivity contribution in [2.45, 2.75) is 19.4 Å². The minimum Gasteiger partial charge on any atom is -0.454 e. The van der Waals surface area contributed by atoms with Gasteiger partial charge in [-0.05, 0) is 31.0 Å². The molecule has 7 heteroatoms. The molecule has 0 spiro atoms. The zero-order valence-electron chi connectivity index (χ0n) is 15.5. The second-order valence-corrected chi connectivity index (χ2v) is 7.07. The van der Waals surface area contributed by atoms with Gasteiger partial charge in [-0.2, -0.15) is 0 Å². The summed E-state index contributed by atoms with van der Waals surface area (Å²) in [6.07, 6.45) is 0.921. The highest BCUT2D eigenvalue weighted by molar-refractivity contribution is 5.79. The zero-order valence-corrected chi connectivity index (χ0v) is 15.5. The van der Waals surface area contributed by atoms with Crippen LogP contribution in [-0.2, 0) is 6.42 Å². The summed E-state index contributed by atoms with van der Waals surface area (Å²) < 4.78 is 10.8. The fourth-order valence-corrected chi connectivity index (χ4v) is 3.86. The molecule has 2 N–H and O–H groups in total. The maximum absolute atomic E-state index is 5.45. The lowest BCUT2D eigenvalue weighted by atomic mass is 10.1. The molecule has 4 aliphatic rings. The fourth-order valence-electron chi connectivity index (χ4n) is 3.86. The topological polar surface area (TPSA) is 61.4 Å². The third-order valence-electron chi connectivity index (χ3n) is 5.34. The average Bonchev–Trinajstić information content (AvgIpc) is 3.15. The summed E-state index contributed by atoms with van der Waals surface area (Å²) in [6, 6.07) is 6.70. The molecule has 0 aliphatic carbocycles. The number of fused-ring (bicyclic) bond motifs is 4. The second-order valence-electron chi connectivity index (χ2n) is 7.07. The molecule has 0 saturated carbocycles. The molecule has 1 atom stereocenters. The van der Waals surface area contributed by atoms with Crippen molar-refractivity contribution in [2.75, 3.05) is 59.2 Å². The van der Waals surface area contributed by atoms with E-state index in [4.69, 9.17) is 14.5 Å². The standard InChI is InChI=1S/C19H29N5O2/c1-2-20-19(22-12-16-13-23-7-9-24(16)10-8-23)21-6-5-15-3-4-17-18(11-15)26-14-25-17/h3-4,11,16H,2,5-10,12-14H2,1H3,(H2,20,21,22). The van der Waals surface area contributed by atoms with Gasteiger partial charge in [0, 0.05) is 51.9 Å². The lowest BCUT2D eigenvalue weighted by molar-refractivity contribution is 0.0174. The lowest BCUT2D eigenvalue weighted by Crippen LogP contribution is -2.62. The first-order valence-corrected chi connectivity index (χ1v) is 9.69. The van der Waals surface area contributed by atoms with Gasteiger partial charge in [-0.3, -0.25) is 14.8 Å². The van der Waals surface area contributed by atoms with E-state index in [1.807, 2.05) is 6.07 Å². The van der Waals surface area contributed by atoms with Crippen LogP contribution in [0.4, 0.5) is 0 Å². The molecule has 1 unspecified atom stereocenters. The summed E-state index contributed by atoms with van der Waals surface area (Å²) in [5.41, 5.74) is 1.24. The highest BCUT2D eigenvalue weighted by Crippen LogP contribution is 2.32. The maximum atomic E-state index is 5.45. The van der Waals surface area contributed by atoms with E-state index in [1.165, 1.54) is 31.7 Å². The molecule has 3 saturated heterocycles. The average molecular weight is 359 g/mol. The van der Waals surface area contributed by atoms with Crippen LogP contribution in [0.2, 0.25) is 0 Å². The minimum absolute atomic E-state index is 0.323. The van der Waals surface area contributed by atoms with E-state index < -0.39 is 0 Å². The van der Waals surface area contributed by atoms with E-state index in [-0.39, 0.29) is 0 Å². The van der Waals surface area contributed by atoms with Gasteiger partial charge >= 0.3 is 0 Å². The van der Waals surface area contributed by atoms with Gasteiger partial charge in [0.2, 0.25) is 6.79 Å². The van der Waals surface area contributed by atoms with Crippen LogP contribution in [-0.4, -0.2) is 81.0 Å². The molecule has 5 rings (SSSR count). The Morgan fingerprint density at radius 2 is 2.00 bits per heavy atom. The maximum Gasteiger partial charge on any atom is 0.231 e. The summed E-state index contributed by atoms with van der Waals surface area (Å²) in [4.78, 5) is 9.97. The number of guanidine groups is 1. The predicted molar refractivity (Wildman–Crippen MR) is 102 cm³/mol. The molecular formula is C19H29N5O2. The molecule has 0 amide bonds. The Labute approximate surface area is 155 Å². The van der Waals surface area contributed by atoms with Crippen LogP contribution in [0.3, 0.4) is 0 Å². The third kappa shape index (κ3) is 4.04. The summed E-state index contributed by atoms with van der Waals surface area (Å²) >= 11 is 0. The molecule has 142 valence electrons. The van der Waals surface area contributed by atoms with Crippen molar-refractivity contribution in [1.82, 2.24) is 20.4 Å². The zero-order chi connectivity index (χ0) is 17.8. The van der Waals surface area contributed by atoms with Gasteiger partial charge < -0.3 is 20.1 Å². The second kappa shape index (κ2) is 8.14. The van der Waals surface area contributed by atoms with Gasteiger partial charge in [-0.1, -0.05) is 6.07 Å². The quantitative estimate of drug-likeness (QED) is 0.570. The van der Waals surface area contributed by atoms with E-state index in [9.17, 15) is 0 Å². The monoisotopic (exact) mass is 359 g/mol. The van der Waals surface area contributed by atoms with E-state index in [0.29, 0.717) is 12.8 Å². The summed E-state index contributed by atoms with van der Waals surface area (Å²) in [5.74, 6) is 2.59. The van der Waals surface area contributed by atoms with Crippen molar-refractivity contribution in [3.8, 4) is 11.5 Å². The minimum atomic E-state index is 0.323. The first-order chi connectivity index (χ1) is 12.8. The number of aliphatic imine (C=N–C) groups is 1. The molecule has 0 aromatic heterocycles. The summed E-state index contributed by atoms with van der Waals surface area (Å²) in [7, 11) is 0. The molecule has 1 aromatic rings. The Morgan fingerprint density at radius 3 is 2.77 bits per heavy atom. The van der Waals surface area contributed by atoms with E-state index in [2.05, 4.69) is 39.5 Å². The van der Waals surface area contributed by atoms with Crippen LogP contribution in [0.1, 0.15) is 12.5 Å². The molecule has 4 aliphatic heterocycles. The van der Waals surface area contributed by atoms with Crippen LogP contribution in [0.25, 0.3) is 0 Å². The molecule has 0 radical (unpaired) electrons. The Bertz CT molecular complexity index is 643. The van der Waals surface area contributed by atoms with Gasteiger partial charge in [0.15, 0.2) is 17.5 Å². The number of rotatable bonds is 6. The highest BCUT2D eigenvalue weighted by Gasteiger charge is 2.31. The molecule has 26 heavy (non-hydrogen) atoms. The van der Waals surface area contributed by atoms with Crippen molar-refractivity contribution >= 4 is 5.96 Å². The Kier molecular flexibility index (Phi) is 5.45. The summed E-state index contributed by atoms with van der Waals surface area (Å²) in [6.45, 7) is 11.0. The largest absolute Gasteiger partial charge is 0.454 e. The Hall–Kier alpha value is -1.99.